The molecule has 0 N–H and O–H groups in total. The first-order valence-electron chi connectivity index (χ1n) is 4.25. The number of hydrogen-bond acceptors (Lipinski definition) is 4. The van der Waals surface area contributed by atoms with E-state index in [4.69, 9.17) is 4.74 Å². The molecule has 0 bridgehead atoms. The molecule has 0 spiro atoms. The van der Waals surface area contributed by atoms with E-state index in [1.165, 1.54) is 12.2 Å². The second kappa shape index (κ2) is 4.10. The summed E-state index contributed by atoms with van der Waals surface area (Å²) < 4.78 is 5.61. The normalized spacial score (nSPS) is 25.0. The Bertz CT molecular complexity index is 499. The first-order valence-corrected chi connectivity index (χ1v) is 5.83. The lowest BCUT2D eigenvalue weighted by atomic mass is 9.99. The van der Waals surface area contributed by atoms with Gasteiger partial charge in [-0.05, 0) is 50.1 Å². The van der Waals surface area contributed by atoms with Crippen LogP contribution in [0.2, 0.25) is 0 Å². The Labute approximate surface area is 107 Å². The number of halogens is 2. The molecule has 1 atom stereocenters. The van der Waals surface area contributed by atoms with Crippen LogP contribution in [-0.4, -0.2) is 23.6 Å². The summed E-state index contributed by atoms with van der Waals surface area (Å²) in [6.45, 7) is 0. The minimum absolute atomic E-state index is 0.155. The van der Waals surface area contributed by atoms with Crippen molar-refractivity contribution in [3.8, 4) is 0 Å². The van der Waals surface area contributed by atoms with E-state index in [-0.39, 0.29) is 21.6 Å². The molecule has 0 unspecified atom stereocenters. The van der Waals surface area contributed by atoms with Crippen molar-refractivity contribution in [1.82, 2.24) is 0 Å². The molecule has 1 aliphatic carbocycles. The Morgan fingerprint density at radius 3 is 2.38 bits per heavy atom. The molecule has 4 nitrogen and oxygen atoms in total. The summed E-state index contributed by atoms with van der Waals surface area (Å²) in [5.41, 5.74) is 0.155. The fraction of sp³-hybridized carbons (Fsp3) is 0.100. The average molecular weight is 348 g/mol. The third-order valence-corrected chi connectivity index (χ3v) is 4.20. The zero-order valence-corrected chi connectivity index (χ0v) is 10.9. The van der Waals surface area contributed by atoms with Crippen molar-refractivity contribution in [3.05, 3.63) is 32.8 Å². The number of carbonyl (C=O) groups excluding carboxylic acids is 3. The average Bonchev–Trinajstić information content (AvgIpc) is 2.50. The van der Waals surface area contributed by atoms with E-state index in [2.05, 4.69) is 31.9 Å². The number of allylic oxidation sites excluding steroid dienone is 3. The van der Waals surface area contributed by atoms with Gasteiger partial charge in [0.1, 0.15) is 4.48 Å². The van der Waals surface area contributed by atoms with E-state index in [9.17, 15) is 14.4 Å². The van der Waals surface area contributed by atoms with E-state index in [1.54, 1.807) is 0 Å². The van der Waals surface area contributed by atoms with Crippen molar-refractivity contribution in [3.63, 3.8) is 0 Å². The van der Waals surface area contributed by atoms with E-state index >= 15 is 0 Å². The van der Waals surface area contributed by atoms with Crippen LogP contribution in [0.15, 0.2) is 32.8 Å². The quantitative estimate of drug-likeness (QED) is 0.533. The molecule has 0 aromatic carbocycles. The lowest BCUT2D eigenvalue weighted by molar-refractivity contribution is -0.138. The summed E-state index contributed by atoms with van der Waals surface area (Å²) >= 11 is 6.18. The molecule has 0 amide bonds. The maximum atomic E-state index is 11.5. The zero-order valence-electron chi connectivity index (χ0n) is 7.70. The summed E-state index contributed by atoms with van der Waals surface area (Å²) in [6, 6.07) is 0. The molecule has 2 rings (SSSR count). The van der Waals surface area contributed by atoms with Crippen LogP contribution in [0.1, 0.15) is 0 Å². The number of ether oxygens (including phenoxy) is 1. The molecule has 0 aromatic rings. The van der Waals surface area contributed by atoms with Gasteiger partial charge in [-0.2, -0.15) is 0 Å². The molecule has 0 fully saturated rings. The standard InChI is InChI=1S/C10H4Br2O4/c11-7-8(12)10(15)16-9(7)5-3-4(13)1-2-6(5)14/h1-3,9H/t9-/m0/s1. The summed E-state index contributed by atoms with van der Waals surface area (Å²) in [6.07, 6.45) is 2.68. The van der Waals surface area contributed by atoms with E-state index in [0.29, 0.717) is 4.48 Å². The Hall–Kier alpha value is -1.01. The number of ketones is 2. The van der Waals surface area contributed by atoms with Crippen LogP contribution in [0.5, 0.6) is 0 Å². The van der Waals surface area contributed by atoms with Gasteiger partial charge in [-0.3, -0.25) is 9.59 Å². The van der Waals surface area contributed by atoms with Gasteiger partial charge in [-0.25, -0.2) is 4.79 Å². The van der Waals surface area contributed by atoms with Crippen molar-refractivity contribution in [2.75, 3.05) is 0 Å². The van der Waals surface area contributed by atoms with Gasteiger partial charge in [-0.15, -0.1) is 0 Å². The zero-order chi connectivity index (χ0) is 11.9. The molecule has 0 aromatic heterocycles. The highest BCUT2D eigenvalue weighted by atomic mass is 79.9. The maximum absolute atomic E-state index is 11.5. The highest BCUT2D eigenvalue weighted by Crippen LogP contribution is 2.35. The van der Waals surface area contributed by atoms with Crippen molar-refractivity contribution < 1.29 is 19.1 Å². The van der Waals surface area contributed by atoms with Crippen molar-refractivity contribution in [1.29, 1.82) is 0 Å². The number of cyclic esters (lactones) is 1. The van der Waals surface area contributed by atoms with Gasteiger partial charge in [0, 0.05) is 5.57 Å². The molecule has 6 heteroatoms. The van der Waals surface area contributed by atoms with Gasteiger partial charge in [0.05, 0.1) is 4.48 Å². The second-order valence-corrected chi connectivity index (χ2v) is 4.79. The molecule has 0 saturated carbocycles. The van der Waals surface area contributed by atoms with Gasteiger partial charge in [0.25, 0.3) is 0 Å². The fourth-order valence-electron chi connectivity index (χ4n) is 1.35. The van der Waals surface area contributed by atoms with Gasteiger partial charge >= 0.3 is 5.97 Å². The number of rotatable bonds is 1. The number of hydrogen-bond donors (Lipinski definition) is 0. The lowest BCUT2D eigenvalue weighted by Crippen LogP contribution is -2.21. The molecule has 2 aliphatic rings. The first-order chi connectivity index (χ1) is 7.50. The minimum atomic E-state index is -0.830. The molecular formula is C10H4Br2O4. The summed E-state index contributed by atoms with van der Waals surface area (Å²) in [4.78, 5) is 33.9. The summed E-state index contributed by atoms with van der Waals surface area (Å²) in [7, 11) is 0. The molecule has 0 radical (unpaired) electrons. The van der Waals surface area contributed by atoms with Crippen LogP contribution >= 0.6 is 31.9 Å². The second-order valence-electron chi connectivity index (χ2n) is 3.15. The van der Waals surface area contributed by atoms with Gasteiger partial charge < -0.3 is 4.74 Å². The Morgan fingerprint density at radius 2 is 1.81 bits per heavy atom. The minimum Gasteiger partial charge on any atom is -0.448 e. The molecule has 1 aliphatic heterocycles. The first kappa shape index (κ1) is 11.5. The predicted octanol–water partition coefficient (Wildman–Crippen LogP) is 1.55. The molecule has 1 heterocycles. The molecule has 16 heavy (non-hydrogen) atoms. The van der Waals surface area contributed by atoms with Crippen LogP contribution in [0, 0.1) is 0 Å². The van der Waals surface area contributed by atoms with Gasteiger partial charge in [-0.1, -0.05) is 0 Å². The van der Waals surface area contributed by atoms with Crippen molar-refractivity contribution >= 4 is 49.4 Å². The SMILES string of the molecule is O=C1C=CC(=O)C([C@@H]2OC(=O)C(Br)=C2Br)=C1. The van der Waals surface area contributed by atoms with Crippen LogP contribution < -0.4 is 0 Å². The Kier molecular flexibility index (Phi) is 2.94. The summed E-state index contributed by atoms with van der Waals surface area (Å²) in [5.74, 6) is -1.20. The smallest absolute Gasteiger partial charge is 0.347 e. The van der Waals surface area contributed by atoms with E-state index in [0.717, 1.165) is 6.08 Å². The lowest BCUT2D eigenvalue weighted by Gasteiger charge is -2.14. The van der Waals surface area contributed by atoms with Crippen LogP contribution in [-0.2, 0) is 19.1 Å². The van der Waals surface area contributed by atoms with Gasteiger partial charge in [0.15, 0.2) is 17.7 Å². The molecule has 82 valence electrons. The van der Waals surface area contributed by atoms with E-state index in [1.807, 2.05) is 0 Å². The number of carbonyl (C=O) groups is 3. The summed E-state index contributed by atoms with van der Waals surface area (Å²) in [5, 5.41) is 0. The number of esters is 1. The van der Waals surface area contributed by atoms with Crippen molar-refractivity contribution in [2.24, 2.45) is 0 Å². The Balaban J connectivity index is 2.38. The van der Waals surface area contributed by atoms with Crippen molar-refractivity contribution in [2.45, 2.75) is 6.10 Å². The third-order valence-electron chi connectivity index (χ3n) is 2.11. The largest absolute Gasteiger partial charge is 0.448 e. The predicted molar refractivity (Wildman–Crippen MR) is 62.0 cm³/mol. The van der Waals surface area contributed by atoms with Gasteiger partial charge in [0.2, 0.25) is 0 Å². The van der Waals surface area contributed by atoms with Crippen LogP contribution in [0.25, 0.3) is 0 Å². The van der Waals surface area contributed by atoms with E-state index < -0.39 is 12.1 Å². The highest BCUT2D eigenvalue weighted by molar-refractivity contribution is 9.14. The third kappa shape index (κ3) is 1.82. The van der Waals surface area contributed by atoms with Crippen LogP contribution in [0.3, 0.4) is 0 Å². The maximum Gasteiger partial charge on any atom is 0.347 e. The Morgan fingerprint density at radius 1 is 1.12 bits per heavy atom. The molecule has 0 saturated heterocycles. The topological polar surface area (TPSA) is 60.4 Å². The highest BCUT2D eigenvalue weighted by Gasteiger charge is 2.36. The monoisotopic (exact) mass is 346 g/mol. The van der Waals surface area contributed by atoms with Crippen LogP contribution in [0.4, 0.5) is 0 Å². The fourth-order valence-corrected chi connectivity index (χ4v) is 2.16. The molecular weight excluding hydrogens is 344 g/mol.